The van der Waals surface area contributed by atoms with Gasteiger partial charge >= 0.3 is 77.0 Å². The molecule has 0 aromatic carbocycles. The third kappa shape index (κ3) is 32.4. The molecule has 0 unspecified atom stereocenters. The van der Waals surface area contributed by atoms with E-state index in [0.717, 1.165) is 89.9 Å². The second kappa shape index (κ2) is 41.6. The molecule has 15 nitrogen and oxygen atoms in total. The summed E-state index contributed by atoms with van der Waals surface area (Å²) in [5.41, 5.74) is -1.76. The Morgan fingerprint density at radius 1 is 0.585 bits per heavy atom. The molecular formula is C47H86NNa2O14P. The van der Waals surface area contributed by atoms with E-state index in [9.17, 15) is 43.7 Å². The Kier molecular flexibility index (Phi) is 42.9. The van der Waals surface area contributed by atoms with Crippen LogP contribution >= 0.6 is 7.82 Å². The third-order valence-corrected chi connectivity index (χ3v) is 12.3. The molecule has 0 aliphatic carbocycles. The van der Waals surface area contributed by atoms with Crippen molar-refractivity contribution in [3.63, 3.8) is 0 Å². The van der Waals surface area contributed by atoms with Crippen LogP contribution in [0, 0.1) is 5.41 Å². The van der Waals surface area contributed by atoms with Gasteiger partial charge in [0.2, 0.25) is 12.2 Å². The number of hydrogen-bond acceptors (Lipinski definition) is 14. The molecule has 1 heterocycles. The Hall–Kier alpha value is -0.130. The Labute approximate surface area is 436 Å². The van der Waals surface area contributed by atoms with E-state index in [2.05, 4.69) is 26.1 Å². The fraction of sp³-hybridized carbons (Fsp3) is 0.915. The molecule has 1 rings (SSSR count). The maximum atomic E-state index is 13.6. The molecule has 0 bridgehead atoms. The van der Waals surface area contributed by atoms with E-state index in [4.69, 9.17) is 23.5 Å². The molecule has 1 saturated heterocycles. The number of carbonyl (C=O) groups is 4. The van der Waals surface area contributed by atoms with Crippen molar-refractivity contribution in [1.82, 2.24) is 5.32 Å². The van der Waals surface area contributed by atoms with Crippen molar-refractivity contribution in [3.05, 3.63) is 0 Å². The van der Waals surface area contributed by atoms with Crippen LogP contribution in [0.4, 0.5) is 0 Å². The van der Waals surface area contributed by atoms with Crippen molar-refractivity contribution in [2.45, 2.75) is 251 Å². The second-order valence-electron chi connectivity index (χ2n) is 17.8. The molecule has 370 valence electrons. The van der Waals surface area contributed by atoms with Crippen LogP contribution in [0.3, 0.4) is 0 Å². The van der Waals surface area contributed by atoms with E-state index in [1.54, 1.807) is 0 Å². The molecule has 0 aromatic heterocycles. The Balaban J connectivity index is 0. The molecule has 0 saturated carbocycles. The van der Waals surface area contributed by atoms with Crippen LogP contribution < -0.4 is 74.2 Å². The van der Waals surface area contributed by atoms with Gasteiger partial charge in [0.15, 0.2) is 6.10 Å². The number of aliphatic hydroxyl groups is 2. The number of amides is 1. The van der Waals surface area contributed by atoms with E-state index < -0.39 is 87.5 Å². The fourth-order valence-electron chi connectivity index (χ4n) is 7.63. The first-order chi connectivity index (χ1) is 30.2. The Morgan fingerprint density at radius 2 is 0.954 bits per heavy atom. The van der Waals surface area contributed by atoms with Gasteiger partial charge in [-0.15, -0.1) is 0 Å². The number of aliphatic hydroxyl groups excluding tert-OH is 2. The van der Waals surface area contributed by atoms with Crippen molar-refractivity contribution in [2.75, 3.05) is 19.8 Å². The van der Waals surface area contributed by atoms with Gasteiger partial charge < -0.3 is 53.4 Å². The summed E-state index contributed by atoms with van der Waals surface area (Å²) >= 11 is 0. The molecule has 1 amide bonds. The summed E-state index contributed by atoms with van der Waals surface area (Å²) in [5, 5.41) is 22.3. The smallest absolute Gasteiger partial charge is 0.790 e. The van der Waals surface area contributed by atoms with Gasteiger partial charge in [-0.1, -0.05) is 175 Å². The summed E-state index contributed by atoms with van der Waals surface area (Å²) in [6, 6.07) is -1.51. The second-order valence-corrected chi connectivity index (χ2v) is 18.9. The first kappa shape index (κ1) is 67.0. The quantitative estimate of drug-likeness (QED) is 0.0263. The van der Waals surface area contributed by atoms with E-state index in [1.807, 2.05) is 0 Å². The first-order valence-corrected chi connectivity index (χ1v) is 26.1. The zero-order chi connectivity index (χ0) is 46.8. The summed E-state index contributed by atoms with van der Waals surface area (Å²) in [5.74, 6) is -3.06. The van der Waals surface area contributed by atoms with Crippen molar-refractivity contribution in [3.8, 4) is 0 Å². The monoisotopic (exact) mass is 966 g/mol. The molecule has 0 radical (unpaired) electrons. The van der Waals surface area contributed by atoms with Crippen molar-refractivity contribution in [2.24, 2.45) is 5.41 Å². The van der Waals surface area contributed by atoms with Gasteiger partial charge in [-0.2, -0.15) is 0 Å². The minimum absolute atomic E-state index is 0. The molecular weight excluding hydrogens is 879 g/mol. The van der Waals surface area contributed by atoms with Crippen LogP contribution in [0.15, 0.2) is 0 Å². The van der Waals surface area contributed by atoms with E-state index in [1.165, 1.54) is 71.1 Å². The zero-order valence-corrected chi connectivity index (χ0v) is 46.4. The predicted molar refractivity (Wildman–Crippen MR) is 238 cm³/mol. The fourth-order valence-corrected chi connectivity index (χ4v) is 8.19. The van der Waals surface area contributed by atoms with E-state index in [0.29, 0.717) is 19.3 Å². The van der Waals surface area contributed by atoms with Crippen molar-refractivity contribution in [1.29, 1.82) is 0 Å². The average molecular weight is 966 g/mol. The van der Waals surface area contributed by atoms with Gasteiger partial charge in [0, 0.05) is 19.3 Å². The van der Waals surface area contributed by atoms with Crippen molar-refractivity contribution < 1.29 is 126 Å². The number of unbranched alkanes of at least 4 members (excludes halogenated alkanes) is 24. The Bertz CT molecular complexity index is 1270. The summed E-state index contributed by atoms with van der Waals surface area (Å²) < 4.78 is 40.4. The topological polar surface area (TPSA) is 230 Å². The number of ether oxygens (including phenoxy) is 4. The standard InChI is InChI=1S/C47H88NO14P.2Na/c1-5-8-11-14-17-20-23-26-29-32-39(51)48-42-44(60-40(52)33-30-27-24-21-18-15-12-9-6-2)43(62-63(55,56)57)38(35-58-46(54)47(4,36-49)37-50)59-45(42)61-41(53)34-31-28-25-22-19-16-13-10-7-3;;/h38,42-45,49-50H,5-37H2,1-4H3,(H,48,51)(H2,55,56,57);;/q;2*+1/p-2/t38-,42-,43-,44-,45+;;/m1../s1. The number of hydrogen-bond donors (Lipinski definition) is 3. The largest absolute Gasteiger partial charge is 1.00 e. The molecule has 65 heavy (non-hydrogen) atoms. The number of nitrogens with one attached hydrogen (secondary N) is 1. The molecule has 3 N–H and O–H groups in total. The molecule has 1 fully saturated rings. The van der Waals surface area contributed by atoms with Crippen LogP contribution in [0.25, 0.3) is 0 Å². The predicted octanol–water partition coefficient (Wildman–Crippen LogP) is 2.17. The molecule has 18 heteroatoms. The van der Waals surface area contributed by atoms with Gasteiger partial charge in [-0.25, -0.2) is 0 Å². The summed E-state index contributed by atoms with van der Waals surface area (Å²) in [6.07, 6.45) is 20.1. The molecule has 0 spiro atoms. The van der Waals surface area contributed by atoms with Crippen LogP contribution in [-0.4, -0.2) is 84.5 Å². The number of carbonyl (C=O) groups excluding carboxylic acids is 4. The summed E-state index contributed by atoms with van der Waals surface area (Å²) in [7, 11) is -5.88. The van der Waals surface area contributed by atoms with Crippen LogP contribution in [0.5, 0.6) is 0 Å². The average Bonchev–Trinajstić information content (AvgIpc) is 3.25. The first-order valence-electron chi connectivity index (χ1n) is 24.7. The van der Waals surface area contributed by atoms with Gasteiger partial charge in [-0.05, 0) is 26.2 Å². The molecule has 1 aliphatic rings. The third-order valence-electron chi connectivity index (χ3n) is 11.8. The van der Waals surface area contributed by atoms with Gasteiger partial charge in [-0.3, -0.25) is 19.2 Å². The van der Waals surface area contributed by atoms with Gasteiger partial charge in [0.25, 0.3) is 0 Å². The van der Waals surface area contributed by atoms with Gasteiger partial charge in [0.05, 0.1) is 21.0 Å². The summed E-state index contributed by atoms with van der Waals surface area (Å²) in [6.45, 7) is 5.33. The SMILES string of the molecule is CCCCCCCCCCCC(=O)N[C@H]1[C@H](OC(=O)CCCCCCCCCCC)O[C@H](COC(=O)C(C)(CO)CO)[C@@H](OP(=O)([O-])[O-])[C@@H]1OC(=O)CCCCCCCCCCC.[Na+].[Na+]. The minimum Gasteiger partial charge on any atom is -0.790 e. The number of phosphoric ester groups is 1. The molecule has 5 atom stereocenters. The van der Waals surface area contributed by atoms with Crippen molar-refractivity contribution >= 4 is 31.6 Å². The number of esters is 3. The molecule has 1 aliphatic heterocycles. The number of rotatable bonds is 40. The van der Waals surface area contributed by atoms with E-state index in [-0.39, 0.29) is 78.4 Å². The van der Waals surface area contributed by atoms with E-state index >= 15 is 0 Å². The van der Waals surface area contributed by atoms with Crippen LogP contribution in [0.1, 0.15) is 220 Å². The maximum Gasteiger partial charge on any atom is 1.00 e. The normalized spacial score (nSPS) is 18.6. The van der Waals surface area contributed by atoms with Gasteiger partial charge in [0.1, 0.15) is 30.3 Å². The van der Waals surface area contributed by atoms with Crippen LogP contribution in [-0.2, 0) is 47.2 Å². The maximum absolute atomic E-state index is 13.6. The Morgan fingerprint density at radius 3 is 1.34 bits per heavy atom. The number of phosphoric acid groups is 1. The van der Waals surface area contributed by atoms with Crippen LogP contribution in [0.2, 0.25) is 0 Å². The zero-order valence-electron chi connectivity index (χ0n) is 41.5. The minimum atomic E-state index is -5.88. The molecule has 0 aromatic rings. The summed E-state index contributed by atoms with van der Waals surface area (Å²) in [4.78, 5) is 78.0.